The van der Waals surface area contributed by atoms with Crippen LogP contribution in [-0.4, -0.2) is 32.8 Å². The molecule has 0 bridgehead atoms. The Labute approximate surface area is 195 Å². The predicted molar refractivity (Wildman–Crippen MR) is 129 cm³/mol. The van der Waals surface area contributed by atoms with Crippen molar-refractivity contribution >= 4 is 45.6 Å². The summed E-state index contributed by atoms with van der Waals surface area (Å²) in [6.07, 6.45) is 7.28. The number of piperidine rings is 1. The molecule has 164 valence electrons. The summed E-state index contributed by atoms with van der Waals surface area (Å²) in [5.74, 6) is 0.638. The van der Waals surface area contributed by atoms with Gasteiger partial charge in [-0.05, 0) is 48.7 Å². The molecule has 1 aromatic carbocycles. The number of rotatable bonds is 5. The summed E-state index contributed by atoms with van der Waals surface area (Å²) in [7, 11) is 0. The number of H-pyrrole nitrogens is 1. The zero-order valence-electron chi connectivity index (χ0n) is 17.3. The molecule has 7 nitrogen and oxygen atoms in total. The fourth-order valence-electron chi connectivity index (χ4n) is 4.22. The second-order valence-corrected chi connectivity index (χ2v) is 8.75. The van der Waals surface area contributed by atoms with Gasteiger partial charge in [0, 0.05) is 31.2 Å². The molecule has 2 N–H and O–H groups in total. The highest BCUT2D eigenvalue weighted by Gasteiger charge is 2.24. The van der Waals surface area contributed by atoms with Crippen LogP contribution >= 0.6 is 23.2 Å². The summed E-state index contributed by atoms with van der Waals surface area (Å²) in [6, 6.07) is 11.6. The van der Waals surface area contributed by atoms with E-state index in [1.807, 2.05) is 35.1 Å². The number of nitrogens with one attached hydrogen (secondary N) is 2. The smallest absolute Gasteiger partial charge is 0.275 e. The van der Waals surface area contributed by atoms with Gasteiger partial charge in [0.2, 0.25) is 0 Å². The third-order valence-corrected chi connectivity index (χ3v) is 6.61. The number of aromatic nitrogens is 4. The minimum absolute atomic E-state index is 0.147. The number of fused-ring (bicyclic) bond motifs is 1. The molecule has 1 aliphatic heterocycles. The van der Waals surface area contributed by atoms with Crippen LogP contribution in [0.3, 0.4) is 0 Å². The topological polar surface area (TPSA) is 78.8 Å². The van der Waals surface area contributed by atoms with Crippen molar-refractivity contribution < 1.29 is 0 Å². The van der Waals surface area contributed by atoms with E-state index in [1.165, 1.54) is 0 Å². The minimum atomic E-state index is -0.147. The molecule has 1 aliphatic rings. The van der Waals surface area contributed by atoms with Gasteiger partial charge >= 0.3 is 0 Å². The number of pyridine rings is 2. The average molecular weight is 469 g/mol. The summed E-state index contributed by atoms with van der Waals surface area (Å²) >= 11 is 12.1. The molecular weight excluding hydrogens is 447 g/mol. The molecule has 0 amide bonds. The van der Waals surface area contributed by atoms with Gasteiger partial charge in [-0.25, -0.2) is 0 Å². The van der Waals surface area contributed by atoms with Crippen LogP contribution in [0.4, 0.5) is 11.5 Å². The van der Waals surface area contributed by atoms with Crippen molar-refractivity contribution in [1.82, 2.24) is 19.7 Å². The van der Waals surface area contributed by atoms with Gasteiger partial charge in [0.05, 0.1) is 34.2 Å². The SMILES string of the molecule is O=c1[nH]c(NCc2ccc(Cl)c(Cl)c2)cc2cnn(C3CCN(c4cccnc4)CC3)c12. The number of halogens is 2. The van der Waals surface area contributed by atoms with E-state index in [0.717, 1.165) is 42.6 Å². The molecule has 9 heteroatoms. The van der Waals surface area contributed by atoms with E-state index in [1.54, 1.807) is 18.5 Å². The Morgan fingerprint density at radius 1 is 1.09 bits per heavy atom. The second-order valence-electron chi connectivity index (χ2n) is 7.94. The Morgan fingerprint density at radius 2 is 1.94 bits per heavy atom. The maximum absolute atomic E-state index is 12.9. The first-order valence-electron chi connectivity index (χ1n) is 10.5. The fourth-order valence-corrected chi connectivity index (χ4v) is 4.54. The second kappa shape index (κ2) is 8.84. The van der Waals surface area contributed by atoms with Crippen molar-refractivity contribution in [3.05, 3.63) is 81.0 Å². The molecule has 5 rings (SSSR count). The monoisotopic (exact) mass is 468 g/mol. The lowest BCUT2D eigenvalue weighted by Crippen LogP contribution is -2.35. The van der Waals surface area contributed by atoms with Crippen molar-refractivity contribution in [3.63, 3.8) is 0 Å². The molecular formula is C23H22Cl2N6O. The number of hydrogen-bond acceptors (Lipinski definition) is 5. The lowest BCUT2D eigenvalue weighted by atomic mass is 10.0. The molecule has 32 heavy (non-hydrogen) atoms. The number of aromatic amines is 1. The fraction of sp³-hybridized carbons (Fsp3) is 0.261. The Morgan fingerprint density at radius 3 is 2.69 bits per heavy atom. The zero-order chi connectivity index (χ0) is 22.1. The number of benzene rings is 1. The van der Waals surface area contributed by atoms with Crippen LogP contribution in [0, 0.1) is 0 Å². The van der Waals surface area contributed by atoms with Gasteiger partial charge in [0.25, 0.3) is 5.56 Å². The summed E-state index contributed by atoms with van der Waals surface area (Å²) in [6.45, 7) is 2.32. The zero-order valence-corrected chi connectivity index (χ0v) is 18.8. The molecule has 0 unspecified atom stereocenters. The first-order chi connectivity index (χ1) is 15.6. The van der Waals surface area contributed by atoms with Crippen molar-refractivity contribution in [3.8, 4) is 0 Å². The molecule has 0 radical (unpaired) electrons. The minimum Gasteiger partial charge on any atom is -0.370 e. The first kappa shape index (κ1) is 20.8. The van der Waals surface area contributed by atoms with E-state index in [9.17, 15) is 4.79 Å². The Hall–Kier alpha value is -3.03. The molecule has 4 heterocycles. The van der Waals surface area contributed by atoms with Crippen LogP contribution in [0.15, 0.2) is 59.8 Å². The third kappa shape index (κ3) is 4.18. The van der Waals surface area contributed by atoms with Gasteiger partial charge in [-0.15, -0.1) is 0 Å². The van der Waals surface area contributed by atoms with Gasteiger partial charge in [-0.1, -0.05) is 29.3 Å². The number of nitrogens with zero attached hydrogens (tertiary/aromatic N) is 4. The summed E-state index contributed by atoms with van der Waals surface area (Å²) in [5.41, 5.74) is 2.57. The molecule has 4 aromatic rings. The van der Waals surface area contributed by atoms with Crippen LogP contribution in [0.25, 0.3) is 10.9 Å². The molecule has 0 atom stereocenters. The third-order valence-electron chi connectivity index (χ3n) is 5.88. The Bertz CT molecular complexity index is 1300. The van der Waals surface area contributed by atoms with E-state index in [-0.39, 0.29) is 11.6 Å². The maximum Gasteiger partial charge on any atom is 0.275 e. The van der Waals surface area contributed by atoms with Gasteiger partial charge in [-0.2, -0.15) is 5.10 Å². The van der Waals surface area contributed by atoms with E-state index in [4.69, 9.17) is 23.2 Å². The highest BCUT2D eigenvalue weighted by atomic mass is 35.5. The van der Waals surface area contributed by atoms with E-state index >= 15 is 0 Å². The van der Waals surface area contributed by atoms with Crippen LogP contribution in [-0.2, 0) is 6.54 Å². The predicted octanol–water partition coefficient (Wildman–Crippen LogP) is 4.88. The van der Waals surface area contributed by atoms with Crippen molar-refractivity contribution in [1.29, 1.82) is 0 Å². The summed E-state index contributed by atoms with van der Waals surface area (Å²) in [5, 5.41) is 9.65. The normalized spacial score (nSPS) is 14.8. The van der Waals surface area contributed by atoms with E-state index in [2.05, 4.69) is 31.3 Å². The van der Waals surface area contributed by atoms with Crippen molar-refractivity contribution in [2.75, 3.05) is 23.3 Å². The van der Waals surface area contributed by atoms with Crippen molar-refractivity contribution in [2.24, 2.45) is 0 Å². The number of anilines is 2. The summed E-state index contributed by atoms with van der Waals surface area (Å²) in [4.78, 5) is 22.4. The molecule has 0 spiro atoms. The molecule has 3 aromatic heterocycles. The van der Waals surface area contributed by atoms with E-state index in [0.29, 0.717) is 27.9 Å². The standard InChI is InChI=1S/C23H22Cl2N6O/c24-19-4-3-15(10-20(19)25)12-27-21-11-16-13-28-31(22(16)23(32)29-21)17-5-8-30(9-6-17)18-2-1-7-26-14-18/h1-4,7,10-11,13-14,17H,5-6,8-9,12H2,(H2,27,29,32). The summed E-state index contributed by atoms with van der Waals surface area (Å²) < 4.78 is 1.89. The van der Waals surface area contributed by atoms with Gasteiger partial charge in [0.15, 0.2) is 0 Å². The van der Waals surface area contributed by atoms with Crippen LogP contribution in [0.1, 0.15) is 24.4 Å². The lowest BCUT2D eigenvalue weighted by molar-refractivity contribution is 0.375. The van der Waals surface area contributed by atoms with Gasteiger partial charge in [-0.3, -0.25) is 14.5 Å². The van der Waals surface area contributed by atoms with Crippen LogP contribution in [0.5, 0.6) is 0 Å². The lowest BCUT2D eigenvalue weighted by Gasteiger charge is -2.33. The largest absolute Gasteiger partial charge is 0.370 e. The van der Waals surface area contributed by atoms with Gasteiger partial charge in [0.1, 0.15) is 11.3 Å². The van der Waals surface area contributed by atoms with E-state index < -0.39 is 0 Å². The molecule has 1 saturated heterocycles. The first-order valence-corrected chi connectivity index (χ1v) is 11.3. The van der Waals surface area contributed by atoms with Crippen molar-refractivity contribution in [2.45, 2.75) is 25.4 Å². The van der Waals surface area contributed by atoms with Crippen LogP contribution < -0.4 is 15.8 Å². The molecule has 1 fully saturated rings. The molecule has 0 aliphatic carbocycles. The molecule has 0 saturated carbocycles. The van der Waals surface area contributed by atoms with Crippen LogP contribution in [0.2, 0.25) is 10.0 Å². The Kier molecular flexibility index (Phi) is 5.76. The van der Waals surface area contributed by atoms with Gasteiger partial charge < -0.3 is 15.2 Å². The maximum atomic E-state index is 12.9. The Balaban J connectivity index is 1.31. The quantitative estimate of drug-likeness (QED) is 0.436. The number of hydrogen-bond donors (Lipinski definition) is 2. The highest BCUT2D eigenvalue weighted by Crippen LogP contribution is 2.28. The average Bonchev–Trinajstić information content (AvgIpc) is 3.25. The highest BCUT2D eigenvalue weighted by molar-refractivity contribution is 6.42.